The molecule has 2 aromatic rings. The van der Waals surface area contributed by atoms with Crippen molar-refractivity contribution in [1.29, 1.82) is 0 Å². The molecule has 2 aliphatic rings. The average Bonchev–Trinajstić information content (AvgIpc) is 3.17. The summed E-state index contributed by atoms with van der Waals surface area (Å²) in [5, 5.41) is 16.3. The van der Waals surface area contributed by atoms with Gasteiger partial charge in [-0.15, -0.1) is 0 Å². The van der Waals surface area contributed by atoms with Crippen LogP contribution in [0.2, 0.25) is 0 Å². The zero-order valence-corrected chi connectivity index (χ0v) is 17.0. The van der Waals surface area contributed by atoms with E-state index < -0.39 is 17.3 Å². The first-order valence-corrected chi connectivity index (χ1v) is 10.1. The smallest absolute Gasteiger partial charge is 0.290 e. The number of amides is 2. The molecule has 1 spiro atoms. The van der Waals surface area contributed by atoms with E-state index in [1.54, 1.807) is 4.90 Å². The van der Waals surface area contributed by atoms with E-state index in [1.165, 1.54) is 12.1 Å². The van der Waals surface area contributed by atoms with Gasteiger partial charge in [0.25, 0.3) is 12.4 Å². The molecule has 2 heterocycles. The molecule has 2 aromatic carbocycles. The maximum atomic E-state index is 14.3. The molecule has 2 N–H and O–H groups in total. The highest BCUT2D eigenvalue weighted by Crippen LogP contribution is 2.40. The van der Waals surface area contributed by atoms with Gasteiger partial charge in [0.2, 0.25) is 5.91 Å². The number of hydrogen-bond acceptors (Lipinski definition) is 4. The SMILES string of the molecule is O=C(c1ccc(O)cc1F)N1CCCC12CCCN(Cc1ccccc1)C2=O.O=CO. The third-order valence-electron chi connectivity index (χ3n) is 5.84. The molecule has 0 aromatic heterocycles. The van der Waals surface area contributed by atoms with Gasteiger partial charge in [0, 0.05) is 25.7 Å². The summed E-state index contributed by atoms with van der Waals surface area (Å²) in [4.78, 5) is 38.3. The molecule has 2 saturated heterocycles. The molecular weight excluding hydrogens is 403 g/mol. The summed E-state index contributed by atoms with van der Waals surface area (Å²) in [6.45, 7) is 1.35. The molecule has 7 nitrogen and oxygen atoms in total. The number of piperidine rings is 1. The van der Waals surface area contributed by atoms with Crippen LogP contribution in [0.25, 0.3) is 0 Å². The van der Waals surface area contributed by atoms with Crippen LogP contribution in [0.3, 0.4) is 0 Å². The first-order valence-electron chi connectivity index (χ1n) is 10.1. The normalized spacial score (nSPS) is 20.4. The van der Waals surface area contributed by atoms with Gasteiger partial charge < -0.3 is 20.0 Å². The molecule has 2 amide bonds. The first kappa shape index (κ1) is 22.3. The lowest BCUT2D eigenvalue weighted by Gasteiger charge is -2.44. The second-order valence-electron chi connectivity index (χ2n) is 7.68. The molecule has 0 radical (unpaired) electrons. The molecule has 4 rings (SSSR count). The summed E-state index contributed by atoms with van der Waals surface area (Å²) in [6, 6.07) is 13.3. The fourth-order valence-electron chi connectivity index (χ4n) is 4.50. The second-order valence-corrected chi connectivity index (χ2v) is 7.68. The maximum absolute atomic E-state index is 14.3. The number of rotatable bonds is 3. The minimum absolute atomic E-state index is 0.0485. The maximum Gasteiger partial charge on any atom is 0.290 e. The summed E-state index contributed by atoms with van der Waals surface area (Å²) in [6.07, 6.45) is 2.72. The molecular formula is C23H25FN2O5. The van der Waals surface area contributed by atoms with Gasteiger partial charge >= 0.3 is 0 Å². The largest absolute Gasteiger partial charge is 0.508 e. The minimum Gasteiger partial charge on any atom is -0.508 e. The molecule has 2 aliphatic heterocycles. The Morgan fingerprint density at radius 2 is 1.74 bits per heavy atom. The van der Waals surface area contributed by atoms with Gasteiger partial charge in [-0.3, -0.25) is 14.4 Å². The van der Waals surface area contributed by atoms with Gasteiger partial charge in [0.1, 0.15) is 17.1 Å². The Hall–Kier alpha value is -3.42. The van der Waals surface area contributed by atoms with Crippen molar-refractivity contribution in [2.24, 2.45) is 0 Å². The number of likely N-dealkylation sites (tertiary alicyclic amines) is 2. The van der Waals surface area contributed by atoms with Crippen molar-refractivity contribution in [3.63, 3.8) is 0 Å². The first-order chi connectivity index (χ1) is 14.9. The number of halogens is 1. The lowest BCUT2D eigenvalue weighted by Crippen LogP contribution is -2.61. The summed E-state index contributed by atoms with van der Waals surface area (Å²) in [7, 11) is 0. The molecule has 2 fully saturated rings. The summed E-state index contributed by atoms with van der Waals surface area (Å²) >= 11 is 0. The van der Waals surface area contributed by atoms with E-state index in [2.05, 4.69) is 0 Å². The zero-order valence-electron chi connectivity index (χ0n) is 17.0. The molecule has 0 bridgehead atoms. The molecule has 31 heavy (non-hydrogen) atoms. The Morgan fingerprint density at radius 1 is 1.10 bits per heavy atom. The van der Waals surface area contributed by atoms with Crippen LogP contribution in [0.15, 0.2) is 48.5 Å². The van der Waals surface area contributed by atoms with E-state index in [0.29, 0.717) is 32.5 Å². The summed E-state index contributed by atoms with van der Waals surface area (Å²) in [5.74, 6) is -1.53. The van der Waals surface area contributed by atoms with Crippen LogP contribution in [0.5, 0.6) is 5.75 Å². The number of nitrogens with zero attached hydrogens (tertiary/aromatic N) is 2. The fraction of sp³-hybridized carbons (Fsp3) is 0.348. The van der Waals surface area contributed by atoms with Crippen LogP contribution in [0.4, 0.5) is 4.39 Å². The lowest BCUT2D eigenvalue weighted by molar-refractivity contribution is -0.146. The molecule has 0 saturated carbocycles. The van der Waals surface area contributed by atoms with Crippen molar-refractivity contribution in [1.82, 2.24) is 9.80 Å². The molecule has 8 heteroatoms. The van der Waals surface area contributed by atoms with E-state index >= 15 is 0 Å². The van der Waals surface area contributed by atoms with Gasteiger partial charge in [-0.2, -0.15) is 0 Å². The van der Waals surface area contributed by atoms with Crippen molar-refractivity contribution >= 4 is 18.3 Å². The zero-order chi connectivity index (χ0) is 22.4. The Bertz CT molecular complexity index is 952. The highest BCUT2D eigenvalue weighted by Gasteiger charge is 2.53. The van der Waals surface area contributed by atoms with E-state index in [4.69, 9.17) is 9.90 Å². The van der Waals surface area contributed by atoms with Gasteiger partial charge in [0.05, 0.1) is 5.56 Å². The van der Waals surface area contributed by atoms with E-state index in [-0.39, 0.29) is 23.7 Å². The number of carbonyl (C=O) groups excluding carboxylic acids is 2. The van der Waals surface area contributed by atoms with Crippen molar-refractivity contribution in [3.8, 4) is 5.75 Å². The van der Waals surface area contributed by atoms with Crippen LogP contribution >= 0.6 is 0 Å². The van der Waals surface area contributed by atoms with E-state index in [0.717, 1.165) is 24.5 Å². The predicted molar refractivity (Wildman–Crippen MR) is 111 cm³/mol. The number of phenolic OH excluding ortho intramolecular Hbond substituents is 1. The van der Waals surface area contributed by atoms with Gasteiger partial charge in [-0.25, -0.2) is 4.39 Å². The van der Waals surface area contributed by atoms with Crippen LogP contribution in [-0.4, -0.2) is 56.9 Å². The molecule has 164 valence electrons. The Balaban J connectivity index is 0.000000858. The average molecular weight is 428 g/mol. The number of carboxylic acid groups (broad SMARTS) is 1. The van der Waals surface area contributed by atoms with Crippen molar-refractivity contribution in [3.05, 3.63) is 65.5 Å². The number of aromatic hydroxyl groups is 1. The van der Waals surface area contributed by atoms with Crippen molar-refractivity contribution < 1.29 is 29.0 Å². The van der Waals surface area contributed by atoms with Gasteiger partial charge in [-0.1, -0.05) is 30.3 Å². The third kappa shape index (κ3) is 4.52. The van der Waals surface area contributed by atoms with Crippen molar-refractivity contribution in [2.45, 2.75) is 37.8 Å². The monoisotopic (exact) mass is 428 g/mol. The second kappa shape index (κ2) is 9.59. The molecule has 0 aliphatic carbocycles. The van der Waals surface area contributed by atoms with Crippen molar-refractivity contribution in [2.75, 3.05) is 13.1 Å². The number of phenols is 1. The standard InChI is InChI=1S/C22H23FN2O3.CH2O2/c23-19-14-17(26)8-9-18(19)20(27)25-13-5-11-22(25)10-4-12-24(21(22)28)15-16-6-2-1-3-7-16;2-1-3/h1-3,6-9,14,26H,4-5,10-13,15H2;1H,(H,2,3). The van der Waals surface area contributed by atoms with Gasteiger partial charge in [-0.05, 0) is 43.4 Å². The van der Waals surface area contributed by atoms with Crippen LogP contribution in [0, 0.1) is 5.82 Å². The molecule has 1 unspecified atom stereocenters. The lowest BCUT2D eigenvalue weighted by atomic mass is 9.84. The van der Waals surface area contributed by atoms with Gasteiger partial charge in [0.15, 0.2) is 0 Å². The summed E-state index contributed by atoms with van der Waals surface area (Å²) < 4.78 is 14.3. The van der Waals surface area contributed by atoms with E-state index in [1.807, 2.05) is 35.2 Å². The van der Waals surface area contributed by atoms with Crippen LogP contribution in [-0.2, 0) is 16.1 Å². The quantitative estimate of drug-likeness (QED) is 0.733. The number of benzene rings is 2. The minimum atomic E-state index is -0.894. The highest BCUT2D eigenvalue weighted by molar-refractivity contribution is 6.00. The number of carbonyl (C=O) groups is 3. The number of hydrogen-bond donors (Lipinski definition) is 2. The third-order valence-corrected chi connectivity index (χ3v) is 5.84. The Kier molecular flexibility index (Phi) is 6.89. The van der Waals surface area contributed by atoms with E-state index in [9.17, 15) is 19.1 Å². The Morgan fingerprint density at radius 3 is 2.39 bits per heavy atom. The molecule has 1 atom stereocenters. The fourth-order valence-corrected chi connectivity index (χ4v) is 4.50. The van der Waals surface area contributed by atoms with Crippen LogP contribution < -0.4 is 0 Å². The summed E-state index contributed by atoms with van der Waals surface area (Å²) in [5.41, 5.74) is 0.0504. The highest BCUT2D eigenvalue weighted by atomic mass is 19.1. The Labute approximate surface area is 179 Å². The predicted octanol–water partition coefficient (Wildman–Crippen LogP) is 3.03. The van der Waals surface area contributed by atoms with Crippen LogP contribution in [0.1, 0.15) is 41.6 Å². The topological polar surface area (TPSA) is 98.2 Å².